The maximum Gasteiger partial charge on any atom is 0.276 e. The van der Waals surface area contributed by atoms with Crippen LogP contribution in [0, 0.1) is 23.7 Å². The smallest absolute Gasteiger partial charge is 0.276 e. The third kappa shape index (κ3) is 4.63. The second kappa shape index (κ2) is 9.36. The largest absolute Gasteiger partial charge is 0.472 e. The average molecular weight is 431 g/mol. The maximum absolute atomic E-state index is 12.7. The van der Waals surface area contributed by atoms with Crippen LogP contribution in [-0.2, 0) is 4.74 Å². The molecule has 3 aromatic rings. The number of nitrogens with zero attached hydrogens (tertiary/aromatic N) is 4. The number of carbonyl (C=O) groups is 1. The van der Waals surface area contributed by atoms with Gasteiger partial charge in [-0.1, -0.05) is 0 Å². The molecule has 10 nitrogen and oxygen atoms in total. The van der Waals surface area contributed by atoms with E-state index in [-0.39, 0.29) is 23.6 Å². The van der Waals surface area contributed by atoms with Crippen molar-refractivity contribution in [1.29, 1.82) is 10.7 Å². The summed E-state index contributed by atoms with van der Waals surface area (Å²) in [7, 11) is 0. The van der Waals surface area contributed by atoms with Crippen LogP contribution in [0.1, 0.15) is 52.1 Å². The number of pyridine rings is 1. The molecule has 1 saturated heterocycles. The van der Waals surface area contributed by atoms with Crippen molar-refractivity contribution in [2.75, 3.05) is 17.2 Å². The van der Waals surface area contributed by atoms with E-state index >= 15 is 0 Å². The molecule has 0 saturated carbocycles. The van der Waals surface area contributed by atoms with Crippen LogP contribution in [0.25, 0.3) is 0 Å². The molecule has 1 aliphatic rings. The minimum Gasteiger partial charge on any atom is -0.472 e. The Hall–Kier alpha value is -4.10. The van der Waals surface area contributed by atoms with E-state index in [1.165, 1.54) is 24.9 Å². The zero-order valence-corrected chi connectivity index (χ0v) is 17.4. The molecule has 3 aromatic heterocycles. The Morgan fingerprint density at radius 2 is 2.16 bits per heavy atom. The van der Waals surface area contributed by atoms with Crippen LogP contribution < -0.4 is 10.6 Å². The number of rotatable bonds is 6. The van der Waals surface area contributed by atoms with E-state index < -0.39 is 5.91 Å². The van der Waals surface area contributed by atoms with Crippen molar-refractivity contribution < 1.29 is 13.9 Å². The van der Waals surface area contributed by atoms with Crippen molar-refractivity contribution in [1.82, 2.24) is 15.0 Å². The predicted molar refractivity (Wildman–Crippen MR) is 116 cm³/mol. The first-order valence-electron chi connectivity index (χ1n) is 10.1. The van der Waals surface area contributed by atoms with Gasteiger partial charge in [0, 0.05) is 18.4 Å². The van der Waals surface area contributed by atoms with Gasteiger partial charge in [-0.3, -0.25) is 15.5 Å². The minimum absolute atomic E-state index is 0.0268. The van der Waals surface area contributed by atoms with Gasteiger partial charge in [-0.15, -0.1) is 0 Å². The summed E-state index contributed by atoms with van der Waals surface area (Å²) in [5, 5.41) is 23.4. The topological polar surface area (TPSA) is 150 Å². The summed E-state index contributed by atoms with van der Waals surface area (Å²) in [6, 6.07) is 5.23. The number of furan rings is 1. The Labute approximate surface area is 184 Å². The van der Waals surface area contributed by atoms with Crippen LogP contribution in [0.4, 0.5) is 11.6 Å². The highest BCUT2D eigenvalue weighted by Gasteiger charge is 2.21. The fraction of sp³-hybridized carbons (Fsp3) is 0.273. The molecule has 4 heterocycles. The summed E-state index contributed by atoms with van der Waals surface area (Å²) >= 11 is 0. The summed E-state index contributed by atoms with van der Waals surface area (Å²) in [5.41, 5.74) is 2.56. The number of aromatic nitrogens is 3. The van der Waals surface area contributed by atoms with Crippen LogP contribution in [-0.4, -0.2) is 39.4 Å². The summed E-state index contributed by atoms with van der Waals surface area (Å²) in [4.78, 5) is 25.4. The first-order chi connectivity index (χ1) is 15.5. The SMILES string of the molecule is Cc1cc(C#N)cnc1C(=O)Nc1ncc(NC2CCCCO2)c(C(=N)c2ccoc2)n1. The molecule has 3 N–H and O–H groups in total. The second-order valence-electron chi connectivity index (χ2n) is 7.30. The highest BCUT2D eigenvalue weighted by molar-refractivity contribution is 6.13. The Kier molecular flexibility index (Phi) is 6.19. The third-order valence-electron chi connectivity index (χ3n) is 4.98. The van der Waals surface area contributed by atoms with Crippen LogP contribution in [0.5, 0.6) is 0 Å². The van der Waals surface area contributed by atoms with E-state index in [1.807, 2.05) is 6.07 Å². The summed E-state index contributed by atoms with van der Waals surface area (Å²) < 4.78 is 10.8. The van der Waals surface area contributed by atoms with Crippen molar-refractivity contribution >= 4 is 23.3 Å². The van der Waals surface area contributed by atoms with Gasteiger partial charge in [0.1, 0.15) is 23.7 Å². The molecule has 1 aliphatic heterocycles. The summed E-state index contributed by atoms with van der Waals surface area (Å²) in [6.45, 7) is 2.36. The Bertz CT molecular complexity index is 1180. The number of nitriles is 1. The van der Waals surface area contributed by atoms with Crippen LogP contribution in [0.15, 0.2) is 41.5 Å². The maximum atomic E-state index is 12.7. The van der Waals surface area contributed by atoms with Crippen molar-refractivity contribution in [2.45, 2.75) is 32.4 Å². The molecular weight excluding hydrogens is 410 g/mol. The van der Waals surface area contributed by atoms with Crippen molar-refractivity contribution in [3.63, 3.8) is 0 Å². The lowest BCUT2D eigenvalue weighted by Crippen LogP contribution is -2.28. The van der Waals surface area contributed by atoms with Gasteiger partial charge in [0.05, 0.1) is 35.7 Å². The van der Waals surface area contributed by atoms with E-state index in [0.717, 1.165) is 19.3 Å². The molecule has 1 atom stereocenters. The molecular formula is C22H21N7O3. The van der Waals surface area contributed by atoms with Gasteiger partial charge in [0.15, 0.2) is 0 Å². The molecule has 0 aromatic carbocycles. The summed E-state index contributed by atoms with van der Waals surface area (Å²) in [6.07, 6.45) is 8.47. The summed E-state index contributed by atoms with van der Waals surface area (Å²) in [5.74, 6) is -0.483. The van der Waals surface area contributed by atoms with E-state index in [1.54, 1.807) is 19.1 Å². The molecule has 32 heavy (non-hydrogen) atoms. The van der Waals surface area contributed by atoms with Gasteiger partial charge in [-0.2, -0.15) is 5.26 Å². The molecule has 0 radical (unpaired) electrons. The van der Waals surface area contributed by atoms with Gasteiger partial charge < -0.3 is 14.5 Å². The monoisotopic (exact) mass is 431 g/mol. The van der Waals surface area contributed by atoms with Gasteiger partial charge in [0.2, 0.25) is 5.95 Å². The number of anilines is 2. The van der Waals surface area contributed by atoms with Crippen LogP contribution >= 0.6 is 0 Å². The highest BCUT2D eigenvalue weighted by atomic mass is 16.5. The normalized spacial score (nSPS) is 15.6. The van der Waals surface area contributed by atoms with Gasteiger partial charge in [0.25, 0.3) is 5.91 Å². The molecule has 0 bridgehead atoms. The Morgan fingerprint density at radius 3 is 2.84 bits per heavy atom. The van der Waals surface area contributed by atoms with Crippen molar-refractivity contribution in [3.8, 4) is 6.07 Å². The zero-order chi connectivity index (χ0) is 22.5. The first kappa shape index (κ1) is 21.1. The molecule has 1 fully saturated rings. The number of aryl methyl sites for hydroxylation is 1. The van der Waals surface area contributed by atoms with E-state index in [4.69, 9.17) is 19.8 Å². The number of ether oxygens (including phenoxy) is 1. The lowest BCUT2D eigenvalue weighted by atomic mass is 10.1. The van der Waals surface area contributed by atoms with Crippen molar-refractivity contribution in [3.05, 3.63) is 65.1 Å². The third-order valence-corrected chi connectivity index (χ3v) is 4.98. The lowest BCUT2D eigenvalue weighted by Gasteiger charge is -2.25. The van der Waals surface area contributed by atoms with Crippen molar-refractivity contribution in [2.24, 2.45) is 0 Å². The second-order valence-corrected chi connectivity index (χ2v) is 7.30. The standard InChI is InChI=1S/C22H21N7O3/c1-13-8-14(9-23)10-25-19(13)21(30)29-22-26-11-16(27-17-4-2-3-6-32-17)20(28-22)18(24)15-5-7-31-12-15/h5,7-8,10-12,17,24,27H,2-4,6H2,1H3,(H,26,28,29,30). The number of hydrogen-bond acceptors (Lipinski definition) is 9. The average Bonchev–Trinajstić information content (AvgIpc) is 3.35. The molecule has 0 aliphatic carbocycles. The van der Waals surface area contributed by atoms with Gasteiger partial charge >= 0.3 is 0 Å². The number of amides is 1. The van der Waals surface area contributed by atoms with Crippen LogP contribution in [0.2, 0.25) is 0 Å². The fourth-order valence-corrected chi connectivity index (χ4v) is 3.34. The fourth-order valence-electron chi connectivity index (χ4n) is 3.34. The minimum atomic E-state index is -0.510. The van der Waals surface area contributed by atoms with Gasteiger partial charge in [-0.25, -0.2) is 15.0 Å². The molecule has 10 heteroatoms. The molecule has 4 rings (SSSR count). The van der Waals surface area contributed by atoms with E-state index in [2.05, 4.69) is 25.6 Å². The Balaban J connectivity index is 1.61. The molecule has 1 unspecified atom stereocenters. The number of hydrogen-bond donors (Lipinski definition) is 3. The predicted octanol–water partition coefficient (Wildman–Crippen LogP) is 3.25. The molecule has 162 valence electrons. The lowest BCUT2D eigenvalue weighted by molar-refractivity contribution is 0.0343. The van der Waals surface area contributed by atoms with Crippen LogP contribution in [0.3, 0.4) is 0 Å². The van der Waals surface area contributed by atoms with E-state index in [0.29, 0.717) is 34.7 Å². The van der Waals surface area contributed by atoms with Gasteiger partial charge in [-0.05, 0) is 43.9 Å². The highest BCUT2D eigenvalue weighted by Crippen LogP contribution is 2.23. The number of carbonyl (C=O) groups excluding carboxylic acids is 1. The first-order valence-corrected chi connectivity index (χ1v) is 10.1. The Morgan fingerprint density at radius 1 is 1.28 bits per heavy atom. The number of nitrogens with one attached hydrogen (secondary N) is 3. The van der Waals surface area contributed by atoms with E-state index in [9.17, 15) is 4.79 Å². The zero-order valence-electron chi connectivity index (χ0n) is 17.4. The molecule has 1 amide bonds. The quantitative estimate of drug-likeness (QED) is 0.503. The molecule has 0 spiro atoms.